The second-order valence-electron chi connectivity index (χ2n) is 6.94. The molecule has 1 unspecified atom stereocenters. The van der Waals surface area contributed by atoms with Crippen LogP contribution in [0.25, 0.3) is 10.2 Å². The van der Waals surface area contributed by atoms with E-state index < -0.39 is 5.25 Å². The molecule has 0 aliphatic carbocycles. The summed E-state index contributed by atoms with van der Waals surface area (Å²) in [6.45, 7) is 2.28. The van der Waals surface area contributed by atoms with Crippen molar-refractivity contribution >= 4 is 44.9 Å². The third-order valence-corrected chi connectivity index (χ3v) is 6.70. The highest BCUT2D eigenvalue weighted by molar-refractivity contribution is 8.00. The van der Waals surface area contributed by atoms with Crippen molar-refractivity contribution in [3.05, 3.63) is 82.0 Å². The molecule has 6 nitrogen and oxygen atoms in total. The van der Waals surface area contributed by atoms with Crippen LogP contribution < -0.4 is 15.6 Å². The summed E-state index contributed by atoms with van der Waals surface area (Å²) in [7, 11) is 1.68. The van der Waals surface area contributed by atoms with E-state index in [9.17, 15) is 9.59 Å². The predicted molar refractivity (Wildman–Crippen MR) is 126 cm³/mol. The van der Waals surface area contributed by atoms with Crippen molar-refractivity contribution in [1.29, 1.82) is 0 Å². The highest BCUT2D eigenvalue weighted by Gasteiger charge is 2.19. The molecule has 2 aromatic heterocycles. The average Bonchev–Trinajstić information content (AvgIpc) is 3.26. The molecule has 0 bridgehead atoms. The highest BCUT2D eigenvalue weighted by atomic mass is 32.2. The van der Waals surface area contributed by atoms with Gasteiger partial charge in [0.1, 0.15) is 17.1 Å². The molecule has 0 fully saturated rings. The molecule has 31 heavy (non-hydrogen) atoms. The summed E-state index contributed by atoms with van der Waals surface area (Å²) in [6, 6.07) is 19.0. The van der Waals surface area contributed by atoms with Gasteiger partial charge in [0.2, 0.25) is 5.91 Å². The minimum Gasteiger partial charge on any atom is -0.489 e. The molecule has 0 radical (unpaired) electrons. The molecule has 4 aromatic rings. The number of rotatable bonds is 7. The monoisotopic (exact) mass is 451 g/mol. The van der Waals surface area contributed by atoms with Gasteiger partial charge in [-0.05, 0) is 48.2 Å². The van der Waals surface area contributed by atoms with Gasteiger partial charge in [0.05, 0.1) is 10.8 Å². The maximum atomic E-state index is 12.6. The summed E-state index contributed by atoms with van der Waals surface area (Å²) in [4.78, 5) is 29.6. The zero-order valence-electron chi connectivity index (χ0n) is 17.1. The quantitative estimate of drug-likeness (QED) is 0.326. The number of hydrogen-bond acceptors (Lipinski definition) is 6. The van der Waals surface area contributed by atoms with Crippen molar-refractivity contribution in [2.75, 3.05) is 5.32 Å². The SMILES string of the molecule is CC(Sc1nc2ccsc2c(=O)n1C)C(=O)Nc1ccc(OCc2ccccc2)cc1. The Kier molecular flexibility index (Phi) is 6.39. The van der Waals surface area contributed by atoms with Crippen LogP contribution in [0.1, 0.15) is 12.5 Å². The van der Waals surface area contributed by atoms with Gasteiger partial charge in [-0.15, -0.1) is 11.3 Å². The Labute approximate surface area is 187 Å². The van der Waals surface area contributed by atoms with Crippen molar-refractivity contribution in [1.82, 2.24) is 9.55 Å². The molecule has 1 N–H and O–H groups in total. The summed E-state index contributed by atoms with van der Waals surface area (Å²) in [5.41, 5.74) is 2.34. The lowest BCUT2D eigenvalue weighted by atomic mass is 10.2. The number of hydrogen-bond donors (Lipinski definition) is 1. The summed E-state index contributed by atoms with van der Waals surface area (Å²) < 4.78 is 7.89. The Hall–Kier alpha value is -3.10. The van der Waals surface area contributed by atoms with E-state index in [2.05, 4.69) is 10.3 Å². The van der Waals surface area contributed by atoms with Gasteiger partial charge in [-0.1, -0.05) is 42.1 Å². The number of nitrogens with one attached hydrogen (secondary N) is 1. The number of carbonyl (C=O) groups excluding carboxylic acids is 1. The second-order valence-corrected chi connectivity index (χ2v) is 9.17. The minimum absolute atomic E-state index is 0.0961. The van der Waals surface area contributed by atoms with Crippen LogP contribution >= 0.6 is 23.1 Å². The third kappa shape index (κ3) is 4.98. The smallest absolute Gasteiger partial charge is 0.271 e. The zero-order valence-corrected chi connectivity index (χ0v) is 18.7. The number of thioether (sulfide) groups is 1. The Morgan fingerprint density at radius 3 is 2.65 bits per heavy atom. The molecule has 1 atom stereocenters. The van der Waals surface area contributed by atoms with Gasteiger partial charge in [0.15, 0.2) is 5.16 Å². The topological polar surface area (TPSA) is 73.2 Å². The van der Waals surface area contributed by atoms with E-state index in [1.165, 1.54) is 27.7 Å². The third-order valence-electron chi connectivity index (χ3n) is 4.67. The molecule has 0 saturated carbocycles. The number of ether oxygens (including phenoxy) is 1. The first kappa shape index (κ1) is 21.1. The largest absolute Gasteiger partial charge is 0.489 e. The van der Waals surface area contributed by atoms with Crippen molar-refractivity contribution in [2.24, 2.45) is 7.05 Å². The number of fused-ring (bicyclic) bond motifs is 1. The predicted octanol–water partition coefficient (Wildman–Crippen LogP) is 4.69. The van der Waals surface area contributed by atoms with Crippen molar-refractivity contribution < 1.29 is 9.53 Å². The summed E-state index contributed by atoms with van der Waals surface area (Å²) in [5.74, 6) is 0.565. The van der Waals surface area contributed by atoms with E-state index in [-0.39, 0.29) is 11.5 Å². The molecule has 0 aliphatic heterocycles. The molecule has 2 heterocycles. The summed E-state index contributed by atoms with van der Waals surface area (Å²) in [6.07, 6.45) is 0. The molecular formula is C23H21N3O3S2. The van der Waals surface area contributed by atoms with Crippen LogP contribution in [-0.4, -0.2) is 20.7 Å². The maximum Gasteiger partial charge on any atom is 0.271 e. The van der Waals surface area contributed by atoms with Gasteiger partial charge in [0.25, 0.3) is 5.56 Å². The molecule has 1 amide bonds. The molecule has 158 valence electrons. The summed E-state index contributed by atoms with van der Waals surface area (Å²) in [5, 5.41) is 4.83. The lowest BCUT2D eigenvalue weighted by Crippen LogP contribution is -2.25. The highest BCUT2D eigenvalue weighted by Crippen LogP contribution is 2.25. The second kappa shape index (κ2) is 9.36. The molecular weight excluding hydrogens is 430 g/mol. The van der Waals surface area contributed by atoms with Crippen molar-refractivity contribution in [2.45, 2.75) is 23.9 Å². The average molecular weight is 452 g/mol. The number of amides is 1. The number of nitrogens with zero attached hydrogens (tertiary/aromatic N) is 2. The van der Waals surface area contributed by atoms with Crippen LogP contribution in [-0.2, 0) is 18.4 Å². The van der Waals surface area contributed by atoms with E-state index >= 15 is 0 Å². The number of anilines is 1. The lowest BCUT2D eigenvalue weighted by molar-refractivity contribution is -0.115. The molecule has 2 aromatic carbocycles. The first-order valence-corrected chi connectivity index (χ1v) is 11.5. The number of aromatic nitrogens is 2. The first-order valence-electron chi connectivity index (χ1n) is 9.70. The van der Waals surface area contributed by atoms with Gasteiger partial charge < -0.3 is 10.1 Å². The molecule has 0 aliphatic rings. The fourth-order valence-electron chi connectivity index (χ4n) is 2.90. The van der Waals surface area contributed by atoms with Crippen molar-refractivity contribution in [3.8, 4) is 5.75 Å². The van der Waals surface area contributed by atoms with E-state index in [1.54, 1.807) is 26.1 Å². The Morgan fingerprint density at radius 2 is 1.90 bits per heavy atom. The van der Waals surface area contributed by atoms with Gasteiger partial charge in [-0.25, -0.2) is 4.98 Å². The van der Waals surface area contributed by atoms with Gasteiger partial charge in [0, 0.05) is 12.7 Å². The van der Waals surface area contributed by atoms with Crippen molar-refractivity contribution in [3.63, 3.8) is 0 Å². The Bertz CT molecular complexity index is 1250. The number of thiophene rings is 1. The first-order chi connectivity index (χ1) is 15.0. The molecule has 0 saturated heterocycles. The fourth-order valence-corrected chi connectivity index (χ4v) is 4.58. The summed E-state index contributed by atoms with van der Waals surface area (Å²) >= 11 is 2.63. The van der Waals surface area contributed by atoms with Gasteiger partial charge in [-0.2, -0.15) is 0 Å². The van der Waals surface area contributed by atoms with Crippen LogP contribution in [0.3, 0.4) is 0 Å². The number of carbonyl (C=O) groups is 1. The minimum atomic E-state index is -0.428. The van der Waals surface area contributed by atoms with E-state index in [4.69, 9.17) is 4.74 Å². The van der Waals surface area contributed by atoms with E-state index in [1.807, 2.05) is 53.9 Å². The van der Waals surface area contributed by atoms with E-state index in [0.717, 1.165) is 11.3 Å². The normalized spacial score (nSPS) is 11.9. The van der Waals surface area contributed by atoms with Crippen LogP contribution in [0.5, 0.6) is 5.75 Å². The van der Waals surface area contributed by atoms with Gasteiger partial charge in [-0.3, -0.25) is 14.2 Å². The number of benzene rings is 2. The van der Waals surface area contributed by atoms with Crippen LogP contribution in [0.15, 0.2) is 76.0 Å². The van der Waals surface area contributed by atoms with Crippen LogP contribution in [0.4, 0.5) is 5.69 Å². The fraction of sp³-hybridized carbons (Fsp3) is 0.174. The van der Waals surface area contributed by atoms with Crippen LogP contribution in [0.2, 0.25) is 0 Å². The Morgan fingerprint density at radius 1 is 1.16 bits per heavy atom. The Balaban J connectivity index is 1.36. The zero-order chi connectivity index (χ0) is 21.8. The standard InChI is InChI=1S/C23H21N3O3S2/c1-15(31-23-25-19-12-13-30-20(19)22(28)26(23)2)21(27)24-17-8-10-18(11-9-17)29-14-16-6-4-3-5-7-16/h3-13,15H,14H2,1-2H3,(H,24,27). The molecule has 4 rings (SSSR count). The lowest BCUT2D eigenvalue weighted by Gasteiger charge is -2.14. The maximum absolute atomic E-state index is 12.6. The van der Waals surface area contributed by atoms with Gasteiger partial charge >= 0.3 is 0 Å². The molecule has 8 heteroatoms. The van der Waals surface area contributed by atoms with Crippen LogP contribution in [0, 0.1) is 0 Å². The molecule has 0 spiro atoms. The van der Waals surface area contributed by atoms with E-state index in [0.29, 0.717) is 27.7 Å².